The molecule has 0 amide bonds. The van der Waals surface area contributed by atoms with Crippen LogP contribution < -0.4 is 5.73 Å². The molecule has 0 atom stereocenters. The van der Waals surface area contributed by atoms with Gasteiger partial charge in [0.15, 0.2) is 5.69 Å². The molecular weight excluding hydrogens is 355 g/mol. The van der Waals surface area contributed by atoms with Crippen molar-refractivity contribution in [3.63, 3.8) is 0 Å². The molecule has 0 radical (unpaired) electrons. The summed E-state index contributed by atoms with van der Waals surface area (Å²) in [6, 6.07) is 7.10. The lowest BCUT2D eigenvalue weighted by atomic mass is 10.1. The maximum absolute atomic E-state index is 13.8. The first kappa shape index (κ1) is 19.3. The van der Waals surface area contributed by atoms with Gasteiger partial charge in [0, 0.05) is 6.54 Å². The van der Waals surface area contributed by atoms with Gasteiger partial charge in [0.05, 0.1) is 34.2 Å². The van der Waals surface area contributed by atoms with Crippen LogP contribution in [-0.2, 0) is 12.7 Å². The molecule has 8 heteroatoms. The lowest BCUT2D eigenvalue weighted by molar-refractivity contribution is -0.143. The van der Waals surface area contributed by atoms with Gasteiger partial charge in [0.1, 0.15) is 0 Å². The number of aryl methyl sites for hydroxylation is 2. The molecule has 2 aromatic heterocycles. The Morgan fingerprint density at radius 1 is 1.04 bits per heavy atom. The second kappa shape index (κ2) is 8.04. The Kier molecular flexibility index (Phi) is 5.74. The number of unbranched alkanes of at least 4 members (excludes halogenated alkanes) is 3. The molecule has 3 aromatic rings. The van der Waals surface area contributed by atoms with Gasteiger partial charge >= 0.3 is 6.18 Å². The molecule has 0 fully saturated rings. The van der Waals surface area contributed by atoms with Gasteiger partial charge in [-0.15, -0.1) is 0 Å². The molecule has 0 saturated heterocycles. The van der Waals surface area contributed by atoms with Crippen LogP contribution in [-0.4, -0.2) is 26.3 Å². The number of alkyl halides is 3. The van der Waals surface area contributed by atoms with Crippen molar-refractivity contribution < 1.29 is 13.2 Å². The number of nitrogens with zero attached hydrogens (tertiary/aromatic N) is 4. The highest BCUT2D eigenvalue weighted by Crippen LogP contribution is 2.38. The highest BCUT2D eigenvalue weighted by atomic mass is 19.4. The van der Waals surface area contributed by atoms with E-state index < -0.39 is 11.9 Å². The van der Waals surface area contributed by atoms with Crippen molar-refractivity contribution in [3.8, 4) is 11.3 Å². The number of para-hydroxylation sites is 2. The lowest BCUT2D eigenvalue weighted by Crippen LogP contribution is -2.16. The number of hydrogen-bond donors (Lipinski definition) is 1. The Balaban J connectivity index is 1.98. The summed E-state index contributed by atoms with van der Waals surface area (Å²) in [5.74, 6) is 0. The molecule has 3 rings (SSSR count). The zero-order valence-corrected chi connectivity index (χ0v) is 15.1. The van der Waals surface area contributed by atoms with E-state index in [1.807, 2.05) is 6.07 Å². The first-order valence-corrected chi connectivity index (χ1v) is 8.98. The topological polar surface area (TPSA) is 69.6 Å². The smallest absolute Gasteiger partial charge is 0.330 e. The quantitative estimate of drug-likeness (QED) is 0.622. The van der Waals surface area contributed by atoms with Crippen molar-refractivity contribution in [2.45, 2.75) is 45.3 Å². The van der Waals surface area contributed by atoms with Crippen molar-refractivity contribution in [3.05, 3.63) is 41.9 Å². The van der Waals surface area contributed by atoms with Gasteiger partial charge in [-0.2, -0.15) is 18.3 Å². The Bertz CT molecular complexity index is 917. The third kappa shape index (κ3) is 4.27. The molecule has 0 aliphatic rings. The Labute approximate surface area is 155 Å². The minimum Gasteiger partial charge on any atom is -0.330 e. The monoisotopic (exact) mass is 377 g/mol. The first-order chi connectivity index (χ1) is 12.9. The van der Waals surface area contributed by atoms with Crippen molar-refractivity contribution >= 4 is 11.0 Å². The van der Waals surface area contributed by atoms with Crippen LogP contribution in [0.3, 0.4) is 0 Å². The molecule has 0 unspecified atom stereocenters. The van der Waals surface area contributed by atoms with Crippen LogP contribution >= 0.6 is 0 Å². The number of nitrogens with two attached hydrogens (primary N) is 1. The van der Waals surface area contributed by atoms with Gasteiger partial charge in [-0.3, -0.25) is 9.67 Å². The summed E-state index contributed by atoms with van der Waals surface area (Å²) in [6.45, 7) is 2.38. The normalized spacial score (nSPS) is 12.0. The summed E-state index contributed by atoms with van der Waals surface area (Å²) in [5.41, 5.74) is 6.37. The molecule has 27 heavy (non-hydrogen) atoms. The molecule has 0 aliphatic heterocycles. The lowest BCUT2D eigenvalue weighted by Gasteiger charge is -2.13. The summed E-state index contributed by atoms with van der Waals surface area (Å²) in [5, 5.41) is 4.16. The minimum atomic E-state index is -4.53. The fourth-order valence-electron chi connectivity index (χ4n) is 3.18. The SMILES string of the molecule is Cc1nn(CCCCCCN)c(C(F)(F)F)c1-c1cnc2ccccc2n1. The highest BCUT2D eigenvalue weighted by Gasteiger charge is 2.40. The van der Waals surface area contributed by atoms with Gasteiger partial charge in [-0.1, -0.05) is 25.0 Å². The van der Waals surface area contributed by atoms with Crippen LogP contribution in [0.5, 0.6) is 0 Å². The maximum Gasteiger partial charge on any atom is 0.433 e. The van der Waals surface area contributed by atoms with Crippen LogP contribution in [0.4, 0.5) is 13.2 Å². The Morgan fingerprint density at radius 2 is 1.74 bits per heavy atom. The van der Waals surface area contributed by atoms with E-state index in [9.17, 15) is 13.2 Å². The molecule has 0 saturated carbocycles. The van der Waals surface area contributed by atoms with Crippen molar-refractivity contribution in [1.29, 1.82) is 0 Å². The summed E-state index contributed by atoms with van der Waals surface area (Å²) in [7, 11) is 0. The Morgan fingerprint density at radius 3 is 2.44 bits per heavy atom. The zero-order chi connectivity index (χ0) is 19.4. The molecule has 1 aromatic carbocycles. The van der Waals surface area contributed by atoms with E-state index in [-0.39, 0.29) is 17.8 Å². The Hall–Kier alpha value is -2.48. The summed E-state index contributed by atoms with van der Waals surface area (Å²) >= 11 is 0. The number of hydrogen-bond acceptors (Lipinski definition) is 4. The maximum atomic E-state index is 13.8. The van der Waals surface area contributed by atoms with E-state index in [1.165, 1.54) is 6.20 Å². The number of fused-ring (bicyclic) bond motifs is 1. The predicted molar refractivity (Wildman–Crippen MR) is 98.0 cm³/mol. The molecular formula is C19H22F3N5. The van der Waals surface area contributed by atoms with E-state index in [0.29, 0.717) is 29.7 Å². The molecule has 2 N–H and O–H groups in total. The van der Waals surface area contributed by atoms with Gasteiger partial charge < -0.3 is 5.73 Å². The number of halogens is 3. The molecule has 144 valence electrons. The summed E-state index contributed by atoms with van der Waals surface area (Å²) < 4.78 is 42.5. The van der Waals surface area contributed by atoms with Gasteiger partial charge in [0.25, 0.3) is 0 Å². The summed E-state index contributed by atoms with van der Waals surface area (Å²) in [6.07, 6.45) is 0.0726. The molecule has 0 bridgehead atoms. The van der Waals surface area contributed by atoms with E-state index in [0.717, 1.165) is 23.9 Å². The first-order valence-electron chi connectivity index (χ1n) is 8.98. The van der Waals surface area contributed by atoms with Gasteiger partial charge in [0.2, 0.25) is 0 Å². The van der Waals surface area contributed by atoms with Crippen molar-refractivity contribution in [1.82, 2.24) is 19.7 Å². The van der Waals surface area contributed by atoms with E-state index in [2.05, 4.69) is 15.1 Å². The van der Waals surface area contributed by atoms with Crippen molar-refractivity contribution in [2.24, 2.45) is 5.73 Å². The van der Waals surface area contributed by atoms with Gasteiger partial charge in [-0.25, -0.2) is 4.98 Å². The third-order valence-electron chi connectivity index (χ3n) is 4.42. The van der Waals surface area contributed by atoms with Crippen LogP contribution in [0.15, 0.2) is 30.5 Å². The minimum absolute atomic E-state index is 0.00251. The largest absolute Gasteiger partial charge is 0.433 e. The molecule has 2 heterocycles. The average molecular weight is 377 g/mol. The van der Waals surface area contributed by atoms with Crippen LogP contribution in [0.1, 0.15) is 37.1 Å². The van der Waals surface area contributed by atoms with Crippen LogP contribution in [0.2, 0.25) is 0 Å². The van der Waals surface area contributed by atoms with Crippen LogP contribution in [0, 0.1) is 6.92 Å². The number of benzene rings is 1. The average Bonchev–Trinajstić information content (AvgIpc) is 2.97. The molecule has 0 spiro atoms. The third-order valence-corrected chi connectivity index (χ3v) is 4.42. The highest BCUT2D eigenvalue weighted by molar-refractivity contribution is 5.78. The zero-order valence-electron chi connectivity index (χ0n) is 15.1. The van der Waals surface area contributed by atoms with Crippen molar-refractivity contribution in [2.75, 3.05) is 6.54 Å². The van der Waals surface area contributed by atoms with E-state index in [4.69, 9.17) is 5.73 Å². The predicted octanol–water partition coefficient (Wildman–Crippen LogP) is 4.34. The van der Waals surface area contributed by atoms with Crippen LogP contribution in [0.25, 0.3) is 22.3 Å². The number of rotatable bonds is 7. The molecule has 0 aliphatic carbocycles. The standard InChI is InChI=1S/C19H22F3N5/c1-13-17(16-12-24-14-8-4-5-9-15(14)25-16)18(19(20,21)22)27(26-13)11-7-3-2-6-10-23/h4-5,8-9,12H,2-3,6-7,10-11,23H2,1H3. The molecule has 5 nitrogen and oxygen atoms in total. The number of aromatic nitrogens is 4. The van der Waals surface area contributed by atoms with Gasteiger partial charge in [-0.05, 0) is 38.4 Å². The second-order valence-corrected chi connectivity index (χ2v) is 6.48. The van der Waals surface area contributed by atoms with E-state index in [1.54, 1.807) is 25.1 Å². The second-order valence-electron chi connectivity index (χ2n) is 6.48. The fourth-order valence-corrected chi connectivity index (χ4v) is 3.18. The fraction of sp³-hybridized carbons (Fsp3) is 0.421. The summed E-state index contributed by atoms with van der Waals surface area (Å²) in [4.78, 5) is 8.63. The van der Waals surface area contributed by atoms with E-state index >= 15 is 0 Å².